The van der Waals surface area contributed by atoms with Gasteiger partial charge < -0.3 is 5.32 Å². The van der Waals surface area contributed by atoms with Crippen molar-refractivity contribution < 1.29 is 9.59 Å². The van der Waals surface area contributed by atoms with E-state index in [0.717, 1.165) is 11.1 Å². The van der Waals surface area contributed by atoms with Gasteiger partial charge >= 0.3 is 0 Å². The Labute approximate surface area is 189 Å². The Morgan fingerprint density at radius 1 is 0.939 bits per heavy atom. The maximum Gasteiger partial charge on any atom is 0.272 e. The van der Waals surface area contributed by atoms with E-state index < -0.39 is 17.9 Å². The second kappa shape index (κ2) is 9.69. The molecule has 0 spiro atoms. The van der Waals surface area contributed by atoms with Gasteiger partial charge in [0.05, 0.1) is 11.6 Å². The molecule has 3 aromatic carbocycles. The maximum absolute atomic E-state index is 13.1. The smallest absolute Gasteiger partial charge is 0.272 e. The van der Waals surface area contributed by atoms with Gasteiger partial charge in [-0.15, -0.1) is 0 Å². The van der Waals surface area contributed by atoms with Crippen molar-refractivity contribution >= 4 is 28.8 Å². The molecule has 33 heavy (non-hydrogen) atoms. The van der Waals surface area contributed by atoms with Crippen LogP contribution in [0.25, 0.3) is 10.8 Å². The lowest BCUT2D eigenvalue weighted by Crippen LogP contribution is -2.40. The quantitative estimate of drug-likeness (QED) is 0.316. The number of benzene rings is 3. The Hall–Kier alpha value is -4.59. The zero-order valence-corrected chi connectivity index (χ0v) is 17.8. The summed E-state index contributed by atoms with van der Waals surface area (Å²) in [6.07, 6.45) is 1.53. The van der Waals surface area contributed by atoms with Crippen LogP contribution < -0.4 is 16.3 Å². The van der Waals surface area contributed by atoms with Crippen LogP contribution in [0.4, 0.5) is 0 Å². The lowest BCUT2D eigenvalue weighted by atomic mass is 10.0. The number of hydrogen-bond acceptors (Lipinski definition) is 5. The van der Waals surface area contributed by atoms with Crippen LogP contribution in [0, 0.1) is 6.92 Å². The van der Waals surface area contributed by atoms with Gasteiger partial charge in [0.25, 0.3) is 17.4 Å². The van der Waals surface area contributed by atoms with E-state index in [1.807, 2.05) is 31.2 Å². The standard InChI is InChI=1S/C25H21N5O3/c1-16-9-5-6-12-18(16)15-26-29-25(33)22(27-23(31)17-10-3-2-4-11-17)21-19-13-7-8-14-20(19)24(32)30-28-21/h2-15,22H,1H3,(H,27,31)(H,29,33)(H,30,32)/b26-15+. The van der Waals surface area contributed by atoms with Gasteiger partial charge in [0, 0.05) is 10.9 Å². The molecule has 1 unspecified atom stereocenters. The highest BCUT2D eigenvalue weighted by Crippen LogP contribution is 2.20. The van der Waals surface area contributed by atoms with Crippen LogP contribution in [0.2, 0.25) is 0 Å². The molecule has 3 N–H and O–H groups in total. The minimum atomic E-state index is -1.20. The first-order valence-corrected chi connectivity index (χ1v) is 10.3. The number of aromatic amines is 1. The molecule has 1 heterocycles. The van der Waals surface area contributed by atoms with E-state index in [9.17, 15) is 14.4 Å². The average Bonchev–Trinajstić information content (AvgIpc) is 2.85. The van der Waals surface area contributed by atoms with Gasteiger partial charge in [-0.3, -0.25) is 14.4 Å². The number of carbonyl (C=O) groups is 2. The summed E-state index contributed by atoms with van der Waals surface area (Å²) >= 11 is 0. The fourth-order valence-electron chi connectivity index (χ4n) is 3.38. The van der Waals surface area contributed by atoms with E-state index in [0.29, 0.717) is 16.3 Å². The Morgan fingerprint density at radius 3 is 2.36 bits per heavy atom. The highest BCUT2D eigenvalue weighted by atomic mass is 16.2. The van der Waals surface area contributed by atoms with Gasteiger partial charge in [-0.1, -0.05) is 60.7 Å². The summed E-state index contributed by atoms with van der Waals surface area (Å²) in [6, 6.07) is 21.7. The van der Waals surface area contributed by atoms with Crippen LogP contribution in [0.3, 0.4) is 0 Å². The van der Waals surface area contributed by atoms with Crippen molar-refractivity contribution in [2.45, 2.75) is 13.0 Å². The summed E-state index contributed by atoms with van der Waals surface area (Å²) in [7, 11) is 0. The molecule has 164 valence electrons. The van der Waals surface area contributed by atoms with E-state index in [2.05, 4.69) is 26.0 Å². The van der Waals surface area contributed by atoms with Crippen molar-refractivity contribution in [3.63, 3.8) is 0 Å². The Bertz CT molecular complexity index is 1400. The molecule has 0 fully saturated rings. The average molecular weight is 439 g/mol. The molecular formula is C25H21N5O3. The van der Waals surface area contributed by atoms with Crippen molar-refractivity contribution in [3.05, 3.63) is 112 Å². The van der Waals surface area contributed by atoms with Gasteiger partial charge in [0.1, 0.15) is 5.69 Å². The summed E-state index contributed by atoms with van der Waals surface area (Å²) in [5.41, 5.74) is 4.52. The Morgan fingerprint density at radius 2 is 1.61 bits per heavy atom. The van der Waals surface area contributed by atoms with E-state index in [-0.39, 0.29) is 11.3 Å². The monoisotopic (exact) mass is 439 g/mol. The maximum atomic E-state index is 13.1. The van der Waals surface area contributed by atoms with Crippen molar-refractivity contribution in [1.82, 2.24) is 20.9 Å². The molecule has 0 aliphatic carbocycles. The number of amides is 2. The zero-order chi connectivity index (χ0) is 23.2. The molecule has 0 aliphatic rings. The molecule has 8 heteroatoms. The van der Waals surface area contributed by atoms with Gasteiger partial charge in [-0.2, -0.15) is 10.2 Å². The van der Waals surface area contributed by atoms with E-state index >= 15 is 0 Å². The molecule has 8 nitrogen and oxygen atoms in total. The first-order chi connectivity index (χ1) is 16.0. The second-order valence-electron chi connectivity index (χ2n) is 7.35. The molecule has 0 saturated carbocycles. The minimum absolute atomic E-state index is 0.207. The molecule has 1 aromatic heterocycles. The lowest BCUT2D eigenvalue weighted by molar-refractivity contribution is -0.123. The third-order valence-corrected chi connectivity index (χ3v) is 5.14. The van der Waals surface area contributed by atoms with Crippen LogP contribution in [0.5, 0.6) is 0 Å². The summed E-state index contributed by atoms with van der Waals surface area (Å²) < 4.78 is 0. The number of aromatic nitrogens is 2. The number of aryl methyl sites for hydroxylation is 1. The minimum Gasteiger partial charge on any atom is -0.335 e. The van der Waals surface area contributed by atoms with Gasteiger partial charge in [-0.25, -0.2) is 10.5 Å². The Balaban J connectivity index is 1.68. The fraction of sp³-hybridized carbons (Fsp3) is 0.0800. The molecule has 2 amide bonds. The number of hydrogen-bond donors (Lipinski definition) is 3. The SMILES string of the molecule is Cc1ccccc1/C=N/NC(=O)C(NC(=O)c1ccccc1)c1n[nH]c(=O)c2ccccc12. The number of carbonyl (C=O) groups excluding carboxylic acids is 2. The molecule has 0 bridgehead atoms. The van der Waals surface area contributed by atoms with E-state index in [1.54, 1.807) is 54.6 Å². The summed E-state index contributed by atoms with van der Waals surface area (Å²) in [6.45, 7) is 1.93. The molecular weight excluding hydrogens is 418 g/mol. The zero-order valence-electron chi connectivity index (χ0n) is 17.8. The summed E-state index contributed by atoms with van der Waals surface area (Å²) in [5.74, 6) is -1.07. The topological polar surface area (TPSA) is 116 Å². The van der Waals surface area contributed by atoms with Crippen LogP contribution in [-0.4, -0.2) is 28.2 Å². The third-order valence-electron chi connectivity index (χ3n) is 5.14. The summed E-state index contributed by atoms with van der Waals surface area (Å²) in [4.78, 5) is 38.2. The van der Waals surface area contributed by atoms with Crippen molar-refractivity contribution in [3.8, 4) is 0 Å². The van der Waals surface area contributed by atoms with Crippen molar-refractivity contribution in [2.24, 2.45) is 5.10 Å². The number of fused-ring (bicyclic) bond motifs is 1. The molecule has 4 aromatic rings. The Kier molecular flexibility index (Phi) is 6.36. The van der Waals surface area contributed by atoms with Crippen LogP contribution >= 0.6 is 0 Å². The second-order valence-corrected chi connectivity index (χ2v) is 7.35. The fourth-order valence-corrected chi connectivity index (χ4v) is 3.38. The normalized spacial score (nSPS) is 11.9. The summed E-state index contributed by atoms with van der Waals surface area (Å²) in [5, 5.41) is 14.1. The van der Waals surface area contributed by atoms with E-state index in [1.165, 1.54) is 6.21 Å². The van der Waals surface area contributed by atoms with Gasteiger partial charge in [-0.05, 0) is 36.2 Å². The van der Waals surface area contributed by atoms with Gasteiger partial charge in [0.2, 0.25) is 0 Å². The van der Waals surface area contributed by atoms with E-state index in [4.69, 9.17) is 0 Å². The number of nitrogens with zero attached hydrogens (tertiary/aromatic N) is 2. The van der Waals surface area contributed by atoms with Crippen molar-refractivity contribution in [1.29, 1.82) is 0 Å². The lowest BCUT2D eigenvalue weighted by Gasteiger charge is -2.18. The number of H-pyrrole nitrogens is 1. The highest BCUT2D eigenvalue weighted by Gasteiger charge is 2.27. The molecule has 0 saturated heterocycles. The van der Waals surface area contributed by atoms with Crippen LogP contribution in [-0.2, 0) is 4.79 Å². The highest BCUT2D eigenvalue weighted by molar-refractivity contribution is 5.99. The van der Waals surface area contributed by atoms with Crippen LogP contribution in [0.15, 0.2) is 88.8 Å². The van der Waals surface area contributed by atoms with Crippen molar-refractivity contribution in [2.75, 3.05) is 0 Å². The van der Waals surface area contributed by atoms with Gasteiger partial charge in [0.15, 0.2) is 6.04 Å². The molecule has 4 rings (SSSR count). The third kappa shape index (κ3) is 4.85. The largest absolute Gasteiger partial charge is 0.335 e. The predicted octanol–water partition coefficient (Wildman–Crippen LogP) is 2.85. The molecule has 1 atom stereocenters. The first kappa shape index (κ1) is 21.6. The predicted molar refractivity (Wildman–Crippen MR) is 126 cm³/mol. The first-order valence-electron chi connectivity index (χ1n) is 10.3. The molecule has 0 aliphatic heterocycles. The number of rotatable bonds is 6. The number of nitrogens with one attached hydrogen (secondary N) is 3. The number of hydrazone groups is 1. The van der Waals surface area contributed by atoms with Crippen LogP contribution in [0.1, 0.15) is 33.2 Å². The molecule has 0 radical (unpaired) electrons.